The lowest BCUT2D eigenvalue weighted by Crippen LogP contribution is -2.33. The highest BCUT2D eigenvalue weighted by Crippen LogP contribution is 2.32. The monoisotopic (exact) mass is 385 g/mol. The van der Waals surface area contributed by atoms with E-state index in [0.717, 1.165) is 28.4 Å². The lowest BCUT2D eigenvalue weighted by atomic mass is 9.86. The van der Waals surface area contributed by atoms with Crippen LogP contribution in [0, 0.1) is 0 Å². The van der Waals surface area contributed by atoms with Crippen molar-refractivity contribution in [1.82, 2.24) is 4.90 Å². The predicted molar refractivity (Wildman–Crippen MR) is 110 cm³/mol. The van der Waals surface area contributed by atoms with Crippen LogP contribution in [-0.2, 0) is 12.0 Å². The smallest absolute Gasteiger partial charge is 0.161 e. The summed E-state index contributed by atoms with van der Waals surface area (Å²) in [6, 6.07) is 14.0. The summed E-state index contributed by atoms with van der Waals surface area (Å²) in [6.07, 6.45) is -0.574. The van der Waals surface area contributed by atoms with E-state index in [0.29, 0.717) is 26.3 Å². The molecule has 152 valence electrons. The summed E-state index contributed by atoms with van der Waals surface area (Å²) in [5.41, 5.74) is 2.26. The summed E-state index contributed by atoms with van der Waals surface area (Å²) in [6.45, 7) is 9.15. The molecule has 2 aromatic carbocycles. The van der Waals surface area contributed by atoms with Gasteiger partial charge in [0.2, 0.25) is 0 Å². The number of rotatable bonds is 7. The Balaban J connectivity index is 1.52. The van der Waals surface area contributed by atoms with Gasteiger partial charge in [0.15, 0.2) is 11.5 Å². The molecule has 1 N–H and O–H groups in total. The zero-order valence-corrected chi connectivity index (χ0v) is 17.3. The molecule has 0 aromatic heterocycles. The summed E-state index contributed by atoms with van der Waals surface area (Å²) in [5, 5.41) is 10.4. The minimum atomic E-state index is -0.574. The Morgan fingerprint density at radius 3 is 2.54 bits per heavy atom. The van der Waals surface area contributed by atoms with Crippen molar-refractivity contribution in [3.8, 4) is 17.2 Å². The Bertz CT molecular complexity index is 784. The van der Waals surface area contributed by atoms with Gasteiger partial charge >= 0.3 is 0 Å². The highest BCUT2D eigenvalue weighted by atomic mass is 16.6. The van der Waals surface area contributed by atoms with Crippen LogP contribution in [0.3, 0.4) is 0 Å². The van der Waals surface area contributed by atoms with Gasteiger partial charge in [0, 0.05) is 13.1 Å². The number of nitrogens with zero attached hydrogens (tertiary/aromatic N) is 1. The Kier molecular flexibility index (Phi) is 6.47. The molecule has 5 heteroatoms. The highest BCUT2D eigenvalue weighted by molar-refractivity contribution is 5.43. The van der Waals surface area contributed by atoms with Crippen molar-refractivity contribution >= 4 is 0 Å². The molecule has 5 nitrogen and oxygen atoms in total. The first-order valence-electron chi connectivity index (χ1n) is 9.80. The second-order valence-corrected chi connectivity index (χ2v) is 8.39. The number of likely N-dealkylation sites (N-methyl/N-ethyl adjacent to an activating group) is 1. The van der Waals surface area contributed by atoms with Gasteiger partial charge in [-0.25, -0.2) is 0 Å². The lowest BCUT2D eigenvalue weighted by molar-refractivity contribution is 0.0736. The Morgan fingerprint density at radius 2 is 1.79 bits per heavy atom. The zero-order chi connectivity index (χ0) is 20.1. The molecule has 0 spiro atoms. The maximum absolute atomic E-state index is 10.4. The summed E-state index contributed by atoms with van der Waals surface area (Å²) < 4.78 is 17.1. The van der Waals surface area contributed by atoms with Gasteiger partial charge in [-0.05, 0) is 41.8 Å². The number of aliphatic hydroxyl groups is 1. The van der Waals surface area contributed by atoms with Gasteiger partial charge in [0.05, 0.1) is 0 Å². The summed E-state index contributed by atoms with van der Waals surface area (Å²) >= 11 is 0. The minimum Gasteiger partial charge on any atom is -0.491 e. The average Bonchev–Trinajstić information content (AvgIpc) is 2.65. The Hall–Kier alpha value is -2.24. The number of ether oxygens (including phenoxy) is 3. The highest BCUT2D eigenvalue weighted by Gasteiger charge is 2.19. The topological polar surface area (TPSA) is 51.2 Å². The van der Waals surface area contributed by atoms with Crippen LogP contribution in [0.4, 0.5) is 0 Å². The van der Waals surface area contributed by atoms with Crippen LogP contribution >= 0.6 is 0 Å². The van der Waals surface area contributed by atoms with E-state index in [1.165, 1.54) is 0 Å². The molecule has 1 atom stereocenters. The predicted octanol–water partition coefficient (Wildman–Crippen LogP) is 3.63. The second kappa shape index (κ2) is 8.84. The molecule has 0 amide bonds. The van der Waals surface area contributed by atoms with E-state index in [1.807, 2.05) is 43.4 Å². The number of fused-ring (bicyclic) bond motifs is 1. The van der Waals surface area contributed by atoms with Crippen LogP contribution < -0.4 is 14.2 Å². The number of hydrogen-bond donors (Lipinski definition) is 1. The standard InChI is InChI=1S/C23H31NO4/c1-23(2,3)19-7-5-6-8-20(19)28-16-18(25)15-24(4)14-17-9-10-21-22(13-17)27-12-11-26-21/h5-10,13,18,25H,11-12,14-16H2,1-4H3. The Morgan fingerprint density at radius 1 is 1.07 bits per heavy atom. The van der Waals surface area contributed by atoms with E-state index in [4.69, 9.17) is 14.2 Å². The first-order chi connectivity index (χ1) is 13.3. The lowest BCUT2D eigenvalue weighted by Gasteiger charge is -2.25. The third-order valence-electron chi connectivity index (χ3n) is 4.71. The van der Waals surface area contributed by atoms with Crippen molar-refractivity contribution in [2.24, 2.45) is 0 Å². The molecule has 1 aliphatic heterocycles. The fraction of sp³-hybridized carbons (Fsp3) is 0.478. The molecule has 28 heavy (non-hydrogen) atoms. The van der Waals surface area contributed by atoms with Gasteiger partial charge in [-0.3, -0.25) is 4.90 Å². The van der Waals surface area contributed by atoms with Crippen molar-refractivity contribution in [2.75, 3.05) is 33.4 Å². The normalized spacial score (nSPS) is 14.8. The van der Waals surface area contributed by atoms with Gasteiger partial charge in [-0.15, -0.1) is 0 Å². The summed E-state index contributed by atoms with van der Waals surface area (Å²) in [7, 11) is 1.99. The van der Waals surface area contributed by atoms with Gasteiger partial charge in [0.1, 0.15) is 31.7 Å². The molecule has 0 saturated carbocycles. The van der Waals surface area contributed by atoms with Crippen LogP contribution in [0.15, 0.2) is 42.5 Å². The molecule has 1 heterocycles. The number of aliphatic hydroxyl groups excluding tert-OH is 1. The van der Waals surface area contributed by atoms with E-state index in [2.05, 4.69) is 31.7 Å². The van der Waals surface area contributed by atoms with Crippen molar-refractivity contribution in [2.45, 2.75) is 38.8 Å². The first kappa shape index (κ1) is 20.5. The third kappa shape index (κ3) is 5.40. The molecule has 3 rings (SSSR count). The molecular weight excluding hydrogens is 354 g/mol. The molecule has 0 fully saturated rings. The van der Waals surface area contributed by atoms with Crippen LogP contribution in [0.5, 0.6) is 17.2 Å². The summed E-state index contributed by atoms with van der Waals surface area (Å²) in [5.74, 6) is 2.42. The summed E-state index contributed by atoms with van der Waals surface area (Å²) in [4.78, 5) is 2.08. The first-order valence-corrected chi connectivity index (χ1v) is 9.80. The van der Waals surface area contributed by atoms with Crippen LogP contribution in [0.2, 0.25) is 0 Å². The molecule has 1 unspecified atom stereocenters. The number of para-hydroxylation sites is 1. The van der Waals surface area contributed by atoms with E-state index in [1.54, 1.807) is 0 Å². The van der Waals surface area contributed by atoms with Crippen molar-refractivity contribution in [1.29, 1.82) is 0 Å². The number of benzene rings is 2. The second-order valence-electron chi connectivity index (χ2n) is 8.39. The molecule has 0 radical (unpaired) electrons. The van der Waals surface area contributed by atoms with Crippen molar-refractivity contribution in [3.63, 3.8) is 0 Å². The fourth-order valence-corrected chi connectivity index (χ4v) is 3.37. The van der Waals surface area contributed by atoms with E-state index < -0.39 is 6.10 Å². The van der Waals surface area contributed by atoms with Crippen LogP contribution in [-0.4, -0.2) is 49.5 Å². The average molecular weight is 386 g/mol. The molecule has 0 aliphatic carbocycles. The molecule has 2 aromatic rings. The SMILES string of the molecule is CN(Cc1ccc2c(c1)OCCO2)CC(O)COc1ccccc1C(C)(C)C. The quantitative estimate of drug-likeness (QED) is 0.789. The van der Waals surface area contributed by atoms with Crippen LogP contribution in [0.1, 0.15) is 31.9 Å². The van der Waals surface area contributed by atoms with Crippen molar-refractivity contribution in [3.05, 3.63) is 53.6 Å². The molecule has 0 bridgehead atoms. The largest absolute Gasteiger partial charge is 0.491 e. The van der Waals surface area contributed by atoms with Gasteiger partial charge in [-0.1, -0.05) is 45.0 Å². The molecule has 1 aliphatic rings. The fourth-order valence-electron chi connectivity index (χ4n) is 3.37. The number of hydrogen-bond acceptors (Lipinski definition) is 5. The van der Waals surface area contributed by atoms with Crippen LogP contribution in [0.25, 0.3) is 0 Å². The van der Waals surface area contributed by atoms with E-state index in [-0.39, 0.29) is 12.0 Å². The molecular formula is C23H31NO4. The van der Waals surface area contributed by atoms with Crippen molar-refractivity contribution < 1.29 is 19.3 Å². The van der Waals surface area contributed by atoms with Gasteiger partial charge in [-0.2, -0.15) is 0 Å². The maximum atomic E-state index is 10.4. The van der Waals surface area contributed by atoms with Gasteiger partial charge in [0.25, 0.3) is 0 Å². The minimum absolute atomic E-state index is 0.00340. The van der Waals surface area contributed by atoms with Gasteiger partial charge < -0.3 is 19.3 Å². The maximum Gasteiger partial charge on any atom is 0.161 e. The van der Waals surface area contributed by atoms with E-state index in [9.17, 15) is 5.11 Å². The Labute approximate surface area is 167 Å². The molecule has 0 saturated heterocycles. The van der Waals surface area contributed by atoms with E-state index >= 15 is 0 Å². The third-order valence-corrected chi connectivity index (χ3v) is 4.71. The zero-order valence-electron chi connectivity index (χ0n) is 17.3.